The van der Waals surface area contributed by atoms with Gasteiger partial charge in [-0.3, -0.25) is 4.90 Å². The highest BCUT2D eigenvalue weighted by Crippen LogP contribution is 2.32. The lowest BCUT2D eigenvalue weighted by atomic mass is 10.2. The largest absolute Gasteiger partial charge is 0.497 e. The summed E-state index contributed by atoms with van der Waals surface area (Å²) in [5, 5.41) is 13.0. The van der Waals surface area contributed by atoms with Crippen molar-refractivity contribution >= 4 is 18.4 Å². The van der Waals surface area contributed by atoms with Crippen LogP contribution in [-0.4, -0.2) is 66.9 Å². The highest BCUT2D eigenvalue weighted by molar-refractivity contribution is 5.85. The monoisotopic (exact) mass is 369 g/mol. The number of hydrogen-bond acceptors (Lipinski definition) is 4. The number of hydrogen-bond donors (Lipinski definition) is 2. The zero-order valence-corrected chi connectivity index (χ0v) is 15.5. The summed E-state index contributed by atoms with van der Waals surface area (Å²) >= 11 is 0. The number of benzene rings is 1. The number of urea groups is 1. The second-order valence-electron chi connectivity index (χ2n) is 6.70. The lowest BCUT2D eigenvalue weighted by molar-refractivity contribution is 0.0696. The quantitative estimate of drug-likeness (QED) is 0.801. The Kier molecular flexibility index (Phi) is 7.35. The van der Waals surface area contributed by atoms with Gasteiger partial charge in [-0.2, -0.15) is 0 Å². The molecule has 25 heavy (non-hydrogen) atoms. The Hall–Kier alpha value is -1.50. The highest BCUT2D eigenvalue weighted by Gasteiger charge is 2.32. The number of halogens is 1. The van der Waals surface area contributed by atoms with Crippen LogP contribution in [0, 0.1) is 5.92 Å². The third-order valence-corrected chi connectivity index (χ3v) is 4.87. The number of ether oxygens (including phenoxy) is 1. The van der Waals surface area contributed by atoms with Crippen LogP contribution < -0.4 is 10.1 Å². The van der Waals surface area contributed by atoms with Gasteiger partial charge in [-0.25, -0.2) is 4.79 Å². The number of amides is 2. The van der Waals surface area contributed by atoms with E-state index in [1.54, 1.807) is 7.11 Å². The van der Waals surface area contributed by atoms with E-state index < -0.39 is 0 Å². The molecule has 0 radical (unpaired) electrons. The van der Waals surface area contributed by atoms with Gasteiger partial charge in [0.1, 0.15) is 5.75 Å². The van der Waals surface area contributed by atoms with Gasteiger partial charge in [0.25, 0.3) is 0 Å². The standard InChI is InChI=1S/C18H27N3O3.ClH/c1-24-16-6-2-14(3-7-16)12-19-18(23)21-10-8-20(9-11-21)13-17(22)15-4-5-15;/h2-3,6-7,15,17,22H,4-5,8-13H2,1H3,(H,19,23);1H. The summed E-state index contributed by atoms with van der Waals surface area (Å²) in [5.41, 5.74) is 1.05. The fraction of sp³-hybridized carbons (Fsp3) is 0.611. The summed E-state index contributed by atoms with van der Waals surface area (Å²) in [4.78, 5) is 16.4. The second kappa shape index (κ2) is 9.27. The third kappa shape index (κ3) is 5.76. The number of carbonyl (C=O) groups is 1. The van der Waals surface area contributed by atoms with Crippen LogP contribution in [-0.2, 0) is 6.54 Å². The number of rotatable bonds is 6. The zero-order valence-electron chi connectivity index (χ0n) is 14.7. The number of aliphatic hydroxyl groups is 1. The highest BCUT2D eigenvalue weighted by atomic mass is 35.5. The molecule has 1 saturated carbocycles. The molecular weight excluding hydrogens is 342 g/mol. The van der Waals surface area contributed by atoms with Crippen LogP contribution in [0.4, 0.5) is 4.79 Å². The maximum atomic E-state index is 12.3. The van der Waals surface area contributed by atoms with Gasteiger partial charge < -0.3 is 20.1 Å². The number of piperazine rings is 1. The third-order valence-electron chi connectivity index (χ3n) is 4.87. The fourth-order valence-electron chi connectivity index (χ4n) is 3.06. The Morgan fingerprint density at radius 2 is 1.88 bits per heavy atom. The average Bonchev–Trinajstić information content (AvgIpc) is 3.46. The molecule has 0 bridgehead atoms. The van der Waals surface area contributed by atoms with E-state index in [2.05, 4.69) is 10.2 Å². The molecule has 1 aromatic carbocycles. The molecule has 0 aromatic heterocycles. The molecule has 140 valence electrons. The van der Waals surface area contributed by atoms with Gasteiger partial charge in [-0.05, 0) is 36.5 Å². The molecular formula is C18H28ClN3O3. The van der Waals surface area contributed by atoms with Crippen molar-refractivity contribution in [2.45, 2.75) is 25.5 Å². The van der Waals surface area contributed by atoms with Crippen molar-refractivity contribution < 1.29 is 14.6 Å². The van der Waals surface area contributed by atoms with Crippen molar-refractivity contribution in [3.8, 4) is 5.75 Å². The summed E-state index contributed by atoms with van der Waals surface area (Å²) in [6.45, 7) is 4.35. The van der Waals surface area contributed by atoms with E-state index in [9.17, 15) is 9.90 Å². The van der Waals surface area contributed by atoms with Crippen molar-refractivity contribution in [1.29, 1.82) is 0 Å². The predicted octanol–water partition coefficient (Wildman–Crippen LogP) is 1.72. The molecule has 1 unspecified atom stereocenters. The first-order chi connectivity index (χ1) is 11.7. The van der Waals surface area contributed by atoms with Crippen LogP contribution in [0.3, 0.4) is 0 Å². The van der Waals surface area contributed by atoms with E-state index in [0.29, 0.717) is 25.6 Å². The molecule has 2 amide bonds. The lowest BCUT2D eigenvalue weighted by Crippen LogP contribution is -2.53. The molecule has 1 aliphatic heterocycles. The van der Waals surface area contributed by atoms with E-state index in [4.69, 9.17) is 4.74 Å². The smallest absolute Gasteiger partial charge is 0.317 e. The number of aliphatic hydroxyl groups excluding tert-OH is 1. The number of nitrogens with one attached hydrogen (secondary N) is 1. The molecule has 2 N–H and O–H groups in total. The molecule has 1 saturated heterocycles. The molecule has 6 nitrogen and oxygen atoms in total. The van der Waals surface area contributed by atoms with Crippen LogP contribution in [0.5, 0.6) is 5.75 Å². The molecule has 1 aliphatic carbocycles. The second-order valence-corrected chi connectivity index (χ2v) is 6.70. The normalized spacial score (nSPS) is 19.0. The summed E-state index contributed by atoms with van der Waals surface area (Å²) in [7, 11) is 1.64. The number of carbonyl (C=O) groups excluding carboxylic acids is 1. The van der Waals surface area contributed by atoms with Crippen molar-refractivity contribution in [1.82, 2.24) is 15.1 Å². The Morgan fingerprint density at radius 3 is 2.44 bits per heavy atom. The van der Waals surface area contributed by atoms with Crippen LogP contribution in [0.25, 0.3) is 0 Å². The Morgan fingerprint density at radius 1 is 1.24 bits per heavy atom. The van der Waals surface area contributed by atoms with Gasteiger partial charge in [0.2, 0.25) is 0 Å². The van der Waals surface area contributed by atoms with E-state index in [-0.39, 0.29) is 24.5 Å². The zero-order chi connectivity index (χ0) is 16.9. The molecule has 1 aromatic rings. The van der Waals surface area contributed by atoms with Gasteiger partial charge in [0.05, 0.1) is 13.2 Å². The molecule has 1 heterocycles. The molecule has 2 fully saturated rings. The fourth-order valence-corrected chi connectivity index (χ4v) is 3.06. The topological polar surface area (TPSA) is 65.0 Å². The van der Waals surface area contributed by atoms with Gasteiger partial charge in [-0.15, -0.1) is 12.4 Å². The van der Waals surface area contributed by atoms with Gasteiger partial charge >= 0.3 is 6.03 Å². The molecule has 3 rings (SSSR count). The van der Waals surface area contributed by atoms with Gasteiger partial charge in [-0.1, -0.05) is 12.1 Å². The first-order valence-electron chi connectivity index (χ1n) is 8.72. The van der Waals surface area contributed by atoms with Gasteiger partial charge in [0, 0.05) is 39.3 Å². The molecule has 0 spiro atoms. The summed E-state index contributed by atoms with van der Waals surface area (Å²) < 4.78 is 5.13. The van der Waals surface area contributed by atoms with Crippen molar-refractivity contribution in [3.63, 3.8) is 0 Å². The average molecular weight is 370 g/mol. The maximum absolute atomic E-state index is 12.3. The summed E-state index contributed by atoms with van der Waals surface area (Å²) in [5.74, 6) is 1.32. The van der Waals surface area contributed by atoms with E-state index in [1.807, 2.05) is 29.2 Å². The molecule has 7 heteroatoms. The number of β-amino-alcohol motifs (C(OH)–C–C–N with tert-alkyl or cyclic N) is 1. The minimum atomic E-state index is -0.194. The summed E-state index contributed by atoms with van der Waals surface area (Å²) in [6.07, 6.45) is 2.13. The minimum Gasteiger partial charge on any atom is -0.497 e. The van der Waals surface area contributed by atoms with Crippen LogP contribution in [0.15, 0.2) is 24.3 Å². The SMILES string of the molecule is COc1ccc(CNC(=O)N2CCN(CC(O)C3CC3)CC2)cc1.Cl. The number of nitrogens with zero attached hydrogens (tertiary/aromatic N) is 2. The van der Waals surface area contributed by atoms with Crippen molar-refractivity contribution in [2.24, 2.45) is 5.92 Å². The Labute approximate surface area is 155 Å². The van der Waals surface area contributed by atoms with Crippen molar-refractivity contribution in [2.75, 3.05) is 39.8 Å². The molecule has 1 atom stereocenters. The first kappa shape index (κ1) is 19.8. The van der Waals surface area contributed by atoms with Crippen LogP contribution >= 0.6 is 12.4 Å². The Balaban J connectivity index is 0.00000225. The molecule has 2 aliphatic rings. The Bertz CT molecular complexity index is 543. The van der Waals surface area contributed by atoms with Crippen LogP contribution in [0.2, 0.25) is 0 Å². The predicted molar refractivity (Wildman–Crippen MR) is 99.2 cm³/mol. The van der Waals surface area contributed by atoms with E-state index in [0.717, 1.165) is 43.8 Å². The van der Waals surface area contributed by atoms with Crippen molar-refractivity contribution in [3.05, 3.63) is 29.8 Å². The summed E-state index contributed by atoms with van der Waals surface area (Å²) in [6, 6.07) is 7.68. The first-order valence-corrected chi connectivity index (χ1v) is 8.72. The van der Waals surface area contributed by atoms with E-state index >= 15 is 0 Å². The lowest BCUT2D eigenvalue weighted by Gasteiger charge is -2.35. The van der Waals surface area contributed by atoms with Gasteiger partial charge in [0.15, 0.2) is 0 Å². The van der Waals surface area contributed by atoms with E-state index in [1.165, 1.54) is 0 Å². The maximum Gasteiger partial charge on any atom is 0.317 e. The minimum absolute atomic E-state index is 0. The van der Waals surface area contributed by atoms with Crippen LogP contribution in [0.1, 0.15) is 18.4 Å². The number of methoxy groups -OCH3 is 1.